The minimum Gasteiger partial charge on any atom is -0.444 e. The molecular formula is C15H32N2O2. The summed E-state index contributed by atoms with van der Waals surface area (Å²) in [6.07, 6.45) is 2.00. The van der Waals surface area contributed by atoms with Gasteiger partial charge in [-0.1, -0.05) is 13.8 Å². The first-order valence-electron chi connectivity index (χ1n) is 7.44. The van der Waals surface area contributed by atoms with Crippen LogP contribution in [0.4, 0.5) is 4.79 Å². The average Bonchev–Trinajstić information content (AvgIpc) is 2.26. The number of nitrogens with one attached hydrogen (secondary N) is 1. The largest absolute Gasteiger partial charge is 0.444 e. The summed E-state index contributed by atoms with van der Waals surface area (Å²) in [5, 5.41) is 3.47. The van der Waals surface area contributed by atoms with Crippen LogP contribution in [0.25, 0.3) is 0 Å². The minimum absolute atomic E-state index is 0.151. The molecule has 0 aromatic carbocycles. The van der Waals surface area contributed by atoms with E-state index in [0.717, 1.165) is 19.4 Å². The molecule has 0 atom stereocenters. The highest BCUT2D eigenvalue weighted by Crippen LogP contribution is 2.11. The van der Waals surface area contributed by atoms with Gasteiger partial charge in [0.1, 0.15) is 5.60 Å². The summed E-state index contributed by atoms with van der Waals surface area (Å²) in [6.45, 7) is 15.6. The molecule has 0 aliphatic rings. The summed E-state index contributed by atoms with van der Waals surface area (Å²) in [5.41, 5.74) is -0.437. The van der Waals surface area contributed by atoms with Gasteiger partial charge in [0.15, 0.2) is 0 Å². The average molecular weight is 272 g/mol. The van der Waals surface area contributed by atoms with Crippen LogP contribution in [0.15, 0.2) is 0 Å². The standard InChI is InChI=1S/C15H32N2O2/c1-8-13(9-2)16-10-11-17(12(3)4)14(18)19-15(5,6)7/h12-13,16H,8-11H2,1-7H3. The molecule has 19 heavy (non-hydrogen) atoms. The molecule has 0 aliphatic heterocycles. The van der Waals surface area contributed by atoms with Crippen molar-refractivity contribution >= 4 is 6.09 Å². The van der Waals surface area contributed by atoms with Gasteiger partial charge in [0, 0.05) is 25.2 Å². The zero-order valence-corrected chi connectivity index (χ0v) is 13.7. The van der Waals surface area contributed by atoms with E-state index in [1.807, 2.05) is 34.6 Å². The number of rotatable bonds is 7. The first-order chi connectivity index (χ1) is 8.71. The highest BCUT2D eigenvalue weighted by atomic mass is 16.6. The third-order valence-corrected chi connectivity index (χ3v) is 3.02. The van der Waals surface area contributed by atoms with Crippen LogP contribution < -0.4 is 5.32 Å². The van der Waals surface area contributed by atoms with Gasteiger partial charge in [-0.05, 0) is 47.5 Å². The normalized spacial score (nSPS) is 12.1. The molecule has 1 amide bonds. The quantitative estimate of drug-likeness (QED) is 0.772. The Morgan fingerprint density at radius 2 is 1.74 bits per heavy atom. The molecule has 0 unspecified atom stereocenters. The van der Waals surface area contributed by atoms with Crippen LogP contribution in [0.5, 0.6) is 0 Å². The Labute approximate surface area is 118 Å². The lowest BCUT2D eigenvalue weighted by Gasteiger charge is -2.30. The van der Waals surface area contributed by atoms with Crippen LogP contribution in [0, 0.1) is 0 Å². The fraction of sp³-hybridized carbons (Fsp3) is 0.933. The number of ether oxygens (including phenoxy) is 1. The second-order valence-electron chi connectivity index (χ2n) is 6.24. The smallest absolute Gasteiger partial charge is 0.410 e. The van der Waals surface area contributed by atoms with Crippen molar-refractivity contribution in [2.24, 2.45) is 0 Å². The third kappa shape index (κ3) is 8.09. The summed E-state index contributed by atoms with van der Waals surface area (Å²) in [5.74, 6) is 0. The van der Waals surface area contributed by atoms with E-state index in [-0.39, 0.29) is 12.1 Å². The summed E-state index contributed by atoms with van der Waals surface area (Å²) in [4.78, 5) is 13.9. The van der Waals surface area contributed by atoms with Gasteiger partial charge in [-0.2, -0.15) is 0 Å². The van der Waals surface area contributed by atoms with E-state index in [1.165, 1.54) is 0 Å². The van der Waals surface area contributed by atoms with Crippen molar-refractivity contribution in [1.29, 1.82) is 0 Å². The molecule has 0 saturated heterocycles. The highest BCUT2D eigenvalue weighted by molar-refractivity contribution is 5.68. The Bertz CT molecular complexity index is 255. The van der Waals surface area contributed by atoms with Crippen LogP contribution >= 0.6 is 0 Å². The number of amides is 1. The molecule has 0 radical (unpaired) electrons. The Balaban J connectivity index is 4.31. The van der Waals surface area contributed by atoms with Gasteiger partial charge in [0.05, 0.1) is 0 Å². The number of nitrogens with zero attached hydrogens (tertiary/aromatic N) is 1. The van der Waals surface area contributed by atoms with Gasteiger partial charge in [0.2, 0.25) is 0 Å². The van der Waals surface area contributed by atoms with Crippen molar-refractivity contribution in [3.05, 3.63) is 0 Å². The van der Waals surface area contributed by atoms with Crippen molar-refractivity contribution in [2.45, 2.75) is 79.0 Å². The molecule has 0 spiro atoms. The zero-order valence-electron chi connectivity index (χ0n) is 13.7. The summed E-state index contributed by atoms with van der Waals surface area (Å²) in [7, 11) is 0. The van der Waals surface area contributed by atoms with Gasteiger partial charge in [-0.25, -0.2) is 4.79 Å². The maximum Gasteiger partial charge on any atom is 0.410 e. The SMILES string of the molecule is CCC(CC)NCCN(C(=O)OC(C)(C)C)C(C)C. The summed E-state index contributed by atoms with van der Waals surface area (Å²) in [6, 6.07) is 0.686. The molecule has 0 rings (SSSR count). The van der Waals surface area contributed by atoms with Crippen molar-refractivity contribution in [3.8, 4) is 0 Å². The van der Waals surface area contributed by atoms with E-state index >= 15 is 0 Å². The zero-order chi connectivity index (χ0) is 15.1. The lowest BCUT2D eigenvalue weighted by Crippen LogP contribution is -2.45. The van der Waals surface area contributed by atoms with Gasteiger partial charge in [-0.15, -0.1) is 0 Å². The van der Waals surface area contributed by atoms with Crippen LogP contribution in [0.2, 0.25) is 0 Å². The Morgan fingerprint density at radius 3 is 2.11 bits per heavy atom. The first kappa shape index (κ1) is 18.2. The van der Waals surface area contributed by atoms with Gasteiger partial charge in [0.25, 0.3) is 0 Å². The van der Waals surface area contributed by atoms with Crippen LogP contribution in [-0.4, -0.2) is 41.8 Å². The number of carbonyl (C=O) groups is 1. The van der Waals surface area contributed by atoms with E-state index in [2.05, 4.69) is 19.2 Å². The maximum atomic E-state index is 12.1. The molecule has 0 bridgehead atoms. The fourth-order valence-electron chi connectivity index (χ4n) is 1.85. The molecule has 0 aliphatic carbocycles. The molecule has 0 saturated carbocycles. The van der Waals surface area contributed by atoms with Crippen LogP contribution in [0.3, 0.4) is 0 Å². The number of carbonyl (C=O) groups excluding carboxylic acids is 1. The number of hydrogen-bond acceptors (Lipinski definition) is 3. The van der Waals surface area contributed by atoms with Crippen molar-refractivity contribution in [2.75, 3.05) is 13.1 Å². The molecule has 0 aromatic rings. The van der Waals surface area contributed by atoms with E-state index in [0.29, 0.717) is 12.6 Å². The van der Waals surface area contributed by atoms with Gasteiger partial charge in [-0.3, -0.25) is 0 Å². The second-order valence-corrected chi connectivity index (χ2v) is 6.24. The Hall–Kier alpha value is -0.770. The predicted molar refractivity (Wildman–Crippen MR) is 80.4 cm³/mol. The summed E-state index contributed by atoms with van der Waals surface area (Å²) >= 11 is 0. The molecular weight excluding hydrogens is 240 g/mol. The Kier molecular flexibility index (Phi) is 8.07. The molecule has 0 aromatic heterocycles. The van der Waals surface area contributed by atoms with E-state index in [9.17, 15) is 4.79 Å². The first-order valence-corrected chi connectivity index (χ1v) is 7.44. The second kappa shape index (κ2) is 8.41. The third-order valence-electron chi connectivity index (χ3n) is 3.02. The Morgan fingerprint density at radius 1 is 1.21 bits per heavy atom. The maximum absolute atomic E-state index is 12.1. The highest BCUT2D eigenvalue weighted by Gasteiger charge is 2.23. The van der Waals surface area contributed by atoms with Gasteiger partial charge < -0.3 is 15.0 Å². The molecule has 4 heteroatoms. The topological polar surface area (TPSA) is 41.6 Å². The van der Waals surface area contributed by atoms with E-state index in [1.54, 1.807) is 4.90 Å². The van der Waals surface area contributed by atoms with Gasteiger partial charge >= 0.3 is 6.09 Å². The lowest BCUT2D eigenvalue weighted by molar-refractivity contribution is 0.0192. The molecule has 0 heterocycles. The molecule has 0 fully saturated rings. The predicted octanol–water partition coefficient (Wildman–Crippen LogP) is 3.41. The van der Waals surface area contributed by atoms with E-state index < -0.39 is 5.60 Å². The molecule has 114 valence electrons. The van der Waals surface area contributed by atoms with Crippen LogP contribution in [0.1, 0.15) is 61.3 Å². The number of hydrogen-bond donors (Lipinski definition) is 1. The van der Waals surface area contributed by atoms with Crippen molar-refractivity contribution < 1.29 is 9.53 Å². The fourth-order valence-corrected chi connectivity index (χ4v) is 1.85. The molecule has 1 N–H and O–H groups in total. The lowest BCUT2D eigenvalue weighted by atomic mass is 10.2. The summed E-state index contributed by atoms with van der Waals surface area (Å²) < 4.78 is 5.43. The molecule has 4 nitrogen and oxygen atoms in total. The van der Waals surface area contributed by atoms with Crippen molar-refractivity contribution in [3.63, 3.8) is 0 Å². The van der Waals surface area contributed by atoms with Crippen LogP contribution in [-0.2, 0) is 4.74 Å². The minimum atomic E-state index is -0.437. The van der Waals surface area contributed by atoms with Crippen molar-refractivity contribution in [1.82, 2.24) is 10.2 Å². The monoisotopic (exact) mass is 272 g/mol. The van der Waals surface area contributed by atoms with E-state index in [4.69, 9.17) is 4.74 Å².